The van der Waals surface area contributed by atoms with E-state index in [0.717, 1.165) is 20.3 Å². The number of thiazole rings is 1. The van der Waals surface area contributed by atoms with E-state index in [2.05, 4.69) is 15.3 Å². The molecule has 39 heavy (non-hydrogen) atoms. The van der Waals surface area contributed by atoms with Crippen molar-refractivity contribution in [2.45, 2.75) is 51.9 Å². The third-order valence-corrected chi connectivity index (χ3v) is 9.58. The van der Waals surface area contributed by atoms with Gasteiger partial charge in [0.15, 0.2) is 6.04 Å². The van der Waals surface area contributed by atoms with Gasteiger partial charge in [-0.05, 0) is 51.3 Å². The molecule has 13 heteroatoms. The van der Waals surface area contributed by atoms with Gasteiger partial charge in [0, 0.05) is 30.8 Å². The number of ether oxygens (including phenoxy) is 1. The summed E-state index contributed by atoms with van der Waals surface area (Å²) in [5.41, 5.74) is 2.57. The molecule has 1 amide bonds. The van der Waals surface area contributed by atoms with E-state index >= 15 is 0 Å². The van der Waals surface area contributed by atoms with Gasteiger partial charge in [0.1, 0.15) is 20.2 Å². The van der Waals surface area contributed by atoms with E-state index in [1.807, 2.05) is 13.8 Å². The molecule has 3 heterocycles. The average Bonchev–Trinajstić information content (AvgIpc) is 3.26. The molecule has 1 aromatic carbocycles. The van der Waals surface area contributed by atoms with Crippen molar-refractivity contribution in [3.05, 3.63) is 46.6 Å². The molecule has 1 saturated heterocycles. The van der Waals surface area contributed by atoms with Crippen LogP contribution in [-0.2, 0) is 19.4 Å². The van der Waals surface area contributed by atoms with Crippen LogP contribution < -0.4 is 5.32 Å². The Morgan fingerprint density at radius 1 is 1.23 bits per heavy atom. The number of hydrogen-bond donors (Lipinski definition) is 1. The van der Waals surface area contributed by atoms with Crippen molar-refractivity contribution in [3.8, 4) is 0 Å². The highest BCUT2D eigenvalue weighted by Crippen LogP contribution is 2.40. The molecule has 3 aromatic rings. The Morgan fingerprint density at radius 3 is 2.44 bits per heavy atom. The maximum Gasteiger partial charge on any atom is 0.413 e. The molecule has 1 aliphatic heterocycles. The summed E-state index contributed by atoms with van der Waals surface area (Å²) in [4.78, 5) is 23.8. The minimum absolute atomic E-state index is 0.0320. The number of nitrogens with zero attached hydrogens (tertiary/aromatic N) is 3. The lowest BCUT2D eigenvalue weighted by Gasteiger charge is -2.36. The number of nitrogens with one attached hydrogen (secondary N) is 1. The first-order chi connectivity index (χ1) is 18.3. The van der Waals surface area contributed by atoms with Crippen LogP contribution in [0.2, 0.25) is 0 Å². The van der Waals surface area contributed by atoms with Crippen LogP contribution in [0.4, 0.5) is 24.5 Å². The lowest BCUT2D eigenvalue weighted by molar-refractivity contribution is -0.193. The number of pyridine rings is 1. The molecule has 0 spiro atoms. The van der Waals surface area contributed by atoms with E-state index in [1.165, 1.54) is 42.5 Å². The van der Waals surface area contributed by atoms with Crippen LogP contribution in [0.3, 0.4) is 0 Å². The number of rotatable bonds is 8. The molecule has 1 N–H and O–H groups in total. The van der Waals surface area contributed by atoms with Gasteiger partial charge in [-0.1, -0.05) is 23.5 Å². The monoisotopic (exact) mass is 584 g/mol. The predicted molar refractivity (Wildman–Crippen MR) is 145 cm³/mol. The number of hydrogen-bond acceptors (Lipinski definition) is 8. The van der Waals surface area contributed by atoms with Crippen molar-refractivity contribution in [3.63, 3.8) is 0 Å². The van der Waals surface area contributed by atoms with Gasteiger partial charge in [0.05, 0.1) is 34.5 Å². The number of aromatic nitrogens is 2. The number of halogens is 3. The van der Waals surface area contributed by atoms with Gasteiger partial charge in [-0.3, -0.25) is 4.79 Å². The summed E-state index contributed by atoms with van der Waals surface area (Å²) in [5.74, 6) is -1.81. The second-order valence-electron chi connectivity index (χ2n) is 9.59. The minimum Gasteiger partial charge on any atom is -0.377 e. The molecule has 8 nitrogen and oxygen atoms in total. The lowest BCUT2D eigenvalue weighted by atomic mass is 9.97. The summed E-state index contributed by atoms with van der Waals surface area (Å²) >= 11 is 1.46. The van der Waals surface area contributed by atoms with Crippen molar-refractivity contribution in [2.75, 3.05) is 30.5 Å². The van der Waals surface area contributed by atoms with Crippen LogP contribution in [0.25, 0.3) is 10.3 Å². The third kappa shape index (κ3) is 6.36. The second-order valence-corrected chi connectivity index (χ2v) is 13.1. The number of carbonyl (C=O) groups is 1. The van der Waals surface area contributed by atoms with Gasteiger partial charge in [0.25, 0.3) is 0 Å². The van der Waals surface area contributed by atoms with Crippen LogP contribution in [0.1, 0.15) is 55.0 Å². The van der Waals surface area contributed by atoms with Gasteiger partial charge in [-0.15, -0.1) is 0 Å². The minimum atomic E-state index is -4.72. The molecule has 212 valence electrons. The number of carbonyl (C=O) groups excluding carboxylic acids is 1. The fourth-order valence-corrected chi connectivity index (χ4v) is 7.18. The first kappa shape index (κ1) is 29.2. The summed E-state index contributed by atoms with van der Waals surface area (Å²) in [6.45, 7) is 5.10. The quantitative estimate of drug-likeness (QED) is 0.361. The highest BCUT2D eigenvalue weighted by atomic mass is 32.2. The fraction of sp³-hybridized carbons (Fsp3) is 0.500. The Labute approximate surface area is 229 Å². The zero-order valence-corrected chi connectivity index (χ0v) is 23.7. The van der Waals surface area contributed by atoms with Gasteiger partial charge < -0.3 is 15.0 Å². The zero-order valence-electron chi connectivity index (χ0n) is 22.1. The lowest BCUT2D eigenvalue weighted by Crippen LogP contribution is -2.46. The van der Waals surface area contributed by atoms with E-state index < -0.39 is 33.9 Å². The first-order valence-electron chi connectivity index (χ1n) is 12.6. The summed E-state index contributed by atoms with van der Waals surface area (Å²) in [6.07, 6.45) is -3.32. The van der Waals surface area contributed by atoms with Gasteiger partial charge >= 0.3 is 6.18 Å². The van der Waals surface area contributed by atoms with Crippen molar-refractivity contribution in [2.24, 2.45) is 5.92 Å². The van der Waals surface area contributed by atoms with Crippen molar-refractivity contribution >= 4 is 48.8 Å². The van der Waals surface area contributed by atoms with Crippen LogP contribution >= 0.6 is 11.3 Å². The van der Waals surface area contributed by atoms with E-state index in [4.69, 9.17) is 4.74 Å². The Bertz CT molecular complexity index is 1430. The molecule has 1 fully saturated rings. The molecule has 0 unspecified atom stereocenters. The van der Waals surface area contributed by atoms with Crippen LogP contribution in [0.5, 0.6) is 0 Å². The Kier molecular flexibility index (Phi) is 8.52. The highest BCUT2D eigenvalue weighted by molar-refractivity contribution is 7.91. The maximum atomic E-state index is 14.3. The van der Waals surface area contributed by atoms with Gasteiger partial charge in [-0.25, -0.2) is 18.4 Å². The summed E-state index contributed by atoms with van der Waals surface area (Å²) in [6, 6.07) is 3.59. The Morgan fingerprint density at radius 2 is 1.87 bits per heavy atom. The number of amides is 1. The molecule has 1 aliphatic rings. The number of sulfone groups is 1. The molecule has 0 saturated carbocycles. The SMILES string of the molecule is CCN(C(=O)C1CCS(=O)(=O)CC1)[C@@H](c1ccc(Nc2cnc3sc(C)nc3c2[C@H](C)OC)cc1)C(F)(F)F. The standard InChI is InChI=1S/C26H31F3N4O4S2/c1-5-33(25(34)18-10-12-39(35,36)13-11-18)23(26(27,28)29)17-6-8-19(9-7-17)32-20-14-30-24-22(31-16(3)38-24)21(20)15(2)37-4/h6-9,14-15,18,23,32H,5,10-13H2,1-4H3/t15-,23-/m0/s1. The molecule has 0 radical (unpaired) electrons. The number of anilines is 2. The Balaban J connectivity index is 1.61. The number of alkyl halides is 3. The van der Waals surface area contributed by atoms with Crippen LogP contribution in [0, 0.1) is 12.8 Å². The normalized spacial score (nSPS) is 17.6. The number of aryl methyl sites for hydroxylation is 1. The predicted octanol–water partition coefficient (Wildman–Crippen LogP) is 5.73. The molecular weight excluding hydrogens is 553 g/mol. The van der Waals surface area contributed by atoms with E-state index in [-0.39, 0.29) is 42.6 Å². The van der Waals surface area contributed by atoms with Gasteiger partial charge in [0.2, 0.25) is 5.91 Å². The van der Waals surface area contributed by atoms with E-state index in [0.29, 0.717) is 16.9 Å². The van der Waals surface area contributed by atoms with Gasteiger partial charge in [-0.2, -0.15) is 13.2 Å². The third-order valence-electron chi connectivity index (χ3n) is 6.99. The summed E-state index contributed by atoms with van der Waals surface area (Å²) in [5, 5.41) is 4.08. The highest BCUT2D eigenvalue weighted by Gasteiger charge is 2.47. The van der Waals surface area contributed by atoms with Crippen molar-refractivity contribution < 1.29 is 31.1 Å². The molecule has 4 rings (SSSR count). The van der Waals surface area contributed by atoms with Crippen LogP contribution in [-0.4, -0.2) is 60.5 Å². The molecule has 2 aromatic heterocycles. The van der Waals surface area contributed by atoms with Crippen LogP contribution in [0.15, 0.2) is 30.5 Å². The smallest absolute Gasteiger partial charge is 0.377 e. The molecule has 0 aliphatic carbocycles. The molecule has 0 bridgehead atoms. The average molecular weight is 585 g/mol. The molecular formula is C26H31F3N4O4S2. The number of methoxy groups -OCH3 is 1. The summed E-state index contributed by atoms with van der Waals surface area (Å²) in [7, 11) is -1.67. The molecule has 2 atom stereocenters. The number of fused-ring (bicyclic) bond motifs is 1. The zero-order chi connectivity index (χ0) is 28.5. The van der Waals surface area contributed by atoms with Crippen molar-refractivity contribution in [1.29, 1.82) is 0 Å². The number of benzene rings is 1. The first-order valence-corrected chi connectivity index (χ1v) is 15.2. The fourth-order valence-electron chi connectivity index (χ4n) is 4.92. The van der Waals surface area contributed by atoms with Crippen molar-refractivity contribution in [1.82, 2.24) is 14.9 Å². The maximum absolute atomic E-state index is 14.3. The van der Waals surface area contributed by atoms with E-state index in [9.17, 15) is 26.4 Å². The van der Waals surface area contributed by atoms with E-state index in [1.54, 1.807) is 13.3 Å². The Hall–Kier alpha value is -2.77. The summed E-state index contributed by atoms with van der Waals surface area (Å²) < 4.78 is 72.1. The topological polar surface area (TPSA) is 101 Å². The largest absolute Gasteiger partial charge is 0.413 e. The second kappa shape index (κ2) is 11.4.